The lowest BCUT2D eigenvalue weighted by Crippen LogP contribution is -2.39. The lowest BCUT2D eigenvalue weighted by atomic mass is 9.73. The summed E-state index contributed by atoms with van der Waals surface area (Å²) in [6, 6.07) is 7.26. The van der Waals surface area contributed by atoms with Crippen molar-refractivity contribution in [2.75, 3.05) is 13.1 Å². The fourth-order valence-electron chi connectivity index (χ4n) is 2.88. The minimum absolute atomic E-state index is 0.0507. The molecule has 1 nitrogen and oxygen atoms in total. The smallest absolute Gasteiger partial charge is 0.127 e. The summed E-state index contributed by atoms with van der Waals surface area (Å²) in [5.41, 5.74) is 0.833. The van der Waals surface area contributed by atoms with Gasteiger partial charge in [0.1, 0.15) is 5.82 Å². The monoisotopic (exact) mass is 251 g/mol. The van der Waals surface area contributed by atoms with Crippen LogP contribution in [0.3, 0.4) is 0 Å². The van der Waals surface area contributed by atoms with Crippen LogP contribution in [-0.2, 0) is 5.41 Å². The maximum atomic E-state index is 14.1. The van der Waals surface area contributed by atoms with Gasteiger partial charge in [-0.1, -0.05) is 51.8 Å². The summed E-state index contributed by atoms with van der Waals surface area (Å²) in [4.78, 5) is 0. The van der Waals surface area contributed by atoms with Crippen molar-refractivity contribution in [1.29, 1.82) is 0 Å². The predicted molar refractivity (Wildman–Crippen MR) is 76.4 cm³/mol. The number of hydrogen-bond acceptors (Lipinski definition) is 1. The molecule has 0 unspecified atom stereocenters. The summed E-state index contributed by atoms with van der Waals surface area (Å²) in [6.45, 7) is 8.26. The first-order valence-electron chi connectivity index (χ1n) is 7.16. The van der Waals surface area contributed by atoms with Crippen LogP contribution in [0.4, 0.5) is 4.39 Å². The minimum atomic E-state index is -0.0581. The molecule has 0 aliphatic carbocycles. The van der Waals surface area contributed by atoms with E-state index < -0.39 is 0 Å². The van der Waals surface area contributed by atoms with Crippen LogP contribution in [-0.4, -0.2) is 13.1 Å². The third-order valence-corrected chi connectivity index (χ3v) is 3.62. The number of rotatable bonds is 8. The summed E-state index contributed by atoms with van der Waals surface area (Å²) in [6.07, 6.45) is 4.24. The Morgan fingerprint density at radius 2 is 1.67 bits per heavy atom. The Morgan fingerprint density at radius 3 is 2.17 bits per heavy atom. The minimum Gasteiger partial charge on any atom is -0.316 e. The van der Waals surface area contributed by atoms with Crippen LogP contribution in [0.25, 0.3) is 0 Å². The zero-order chi connectivity index (χ0) is 13.4. The van der Waals surface area contributed by atoms with Crippen molar-refractivity contribution in [2.24, 2.45) is 0 Å². The van der Waals surface area contributed by atoms with E-state index in [9.17, 15) is 4.39 Å². The average molecular weight is 251 g/mol. The summed E-state index contributed by atoms with van der Waals surface area (Å²) in [5, 5.41) is 3.42. The molecule has 0 spiro atoms. The van der Waals surface area contributed by atoms with Gasteiger partial charge in [-0.3, -0.25) is 0 Å². The van der Waals surface area contributed by atoms with E-state index in [-0.39, 0.29) is 11.2 Å². The Labute approximate surface area is 111 Å². The molecule has 1 rings (SSSR count). The van der Waals surface area contributed by atoms with Gasteiger partial charge in [0.05, 0.1) is 0 Å². The van der Waals surface area contributed by atoms with Crippen LogP contribution in [0, 0.1) is 5.82 Å². The maximum absolute atomic E-state index is 14.1. The molecule has 0 fully saturated rings. The van der Waals surface area contributed by atoms with Gasteiger partial charge in [-0.05, 0) is 31.0 Å². The number of hydrogen-bond donors (Lipinski definition) is 1. The first-order valence-corrected chi connectivity index (χ1v) is 7.16. The molecule has 0 amide bonds. The van der Waals surface area contributed by atoms with E-state index >= 15 is 0 Å². The first-order chi connectivity index (χ1) is 8.70. The van der Waals surface area contributed by atoms with Gasteiger partial charge >= 0.3 is 0 Å². The van der Waals surface area contributed by atoms with E-state index in [0.717, 1.165) is 44.3 Å². The highest BCUT2D eigenvalue weighted by atomic mass is 19.1. The summed E-state index contributed by atoms with van der Waals surface area (Å²) in [5.74, 6) is -0.0581. The molecule has 1 aromatic rings. The molecule has 0 heterocycles. The molecule has 2 heteroatoms. The number of halogens is 1. The van der Waals surface area contributed by atoms with Gasteiger partial charge in [0.15, 0.2) is 0 Å². The summed E-state index contributed by atoms with van der Waals surface area (Å²) in [7, 11) is 0. The van der Waals surface area contributed by atoms with Gasteiger partial charge in [-0.25, -0.2) is 4.39 Å². The normalized spacial score (nSPS) is 11.8. The van der Waals surface area contributed by atoms with Crippen molar-refractivity contribution in [3.05, 3.63) is 35.6 Å². The standard InChI is InChI=1S/C16H26FN/c1-4-11-16(12-5-2,13-18-6-3)14-9-7-8-10-15(14)17/h7-10,18H,4-6,11-13H2,1-3H3. The molecule has 0 aliphatic heterocycles. The molecular weight excluding hydrogens is 225 g/mol. The van der Waals surface area contributed by atoms with Crippen LogP contribution < -0.4 is 5.32 Å². The molecule has 0 aromatic heterocycles. The van der Waals surface area contributed by atoms with E-state index in [2.05, 4.69) is 26.1 Å². The zero-order valence-corrected chi connectivity index (χ0v) is 11.9. The first kappa shape index (κ1) is 15.2. The highest BCUT2D eigenvalue weighted by molar-refractivity contribution is 5.28. The van der Waals surface area contributed by atoms with Crippen LogP contribution in [0.2, 0.25) is 0 Å². The van der Waals surface area contributed by atoms with Crippen molar-refractivity contribution < 1.29 is 4.39 Å². The summed E-state index contributed by atoms with van der Waals surface area (Å²) < 4.78 is 14.1. The molecule has 0 saturated carbocycles. The second kappa shape index (κ2) is 7.52. The lowest BCUT2D eigenvalue weighted by Gasteiger charge is -2.35. The molecule has 0 radical (unpaired) electrons. The molecule has 0 aliphatic rings. The molecule has 1 aromatic carbocycles. The molecule has 18 heavy (non-hydrogen) atoms. The quantitative estimate of drug-likeness (QED) is 0.727. The van der Waals surface area contributed by atoms with Crippen molar-refractivity contribution in [2.45, 2.75) is 51.9 Å². The van der Waals surface area contributed by atoms with E-state index in [0.29, 0.717) is 0 Å². The van der Waals surface area contributed by atoms with Crippen LogP contribution in [0.1, 0.15) is 52.0 Å². The molecular formula is C16H26FN. The van der Waals surface area contributed by atoms with Gasteiger partial charge in [-0.2, -0.15) is 0 Å². The summed E-state index contributed by atoms with van der Waals surface area (Å²) >= 11 is 0. The van der Waals surface area contributed by atoms with Crippen LogP contribution >= 0.6 is 0 Å². The molecule has 0 atom stereocenters. The highest BCUT2D eigenvalue weighted by Gasteiger charge is 2.32. The topological polar surface area (TPSA) is 12.0 Å². The number of benzene rings is 1. The second-order valence-electron chi connectivity index (χ2n) is 5.04. The molecule has 0 saturated heterocycles. The van der Waals surface area contributed by atoms with Gasteiger partial charge in [-0.15, -0.1) is 0 Å². The average Bonchev–Trinajstić information content (AvgIpc) is 2.37. The van der Waals surface area contributed by atoms with E-state index in [4.69, 9.17) is 0 Å². The third-order valence-electron chi connectivity index (χ3n) is 3.62. The second-order valence-corrected chi connectivity index (χ2v) is 5.04. The number of likely N-dealkylation sites (N-methyl/N-ethyl adjacent to an activating group) is 1. The van der Waals surface area contributed by atoms with Gasteiger partial charge in [0, 0.05) is 12.0 Å². The van der Waals surface area contributed by atoms with Crippen LogP contribution in [0.5, 0.6) is 0 Å². The largest absolute Gasteiger partial charge is 0.316 e. The lowest BCUT2D eigenvalue weighted by molar-refractivity contribution is 0.326. The van der Waals surface area contributed by atoms with E-state index in [1.54, 1.807) is 12.1 Å². The van der Waals surface area contributed by atoms with E-state index in [1.807, 2.05) is 12.1 Å². The van der Waals surface area contributed by atoms with Crippen molar-refractivity contribution in [3.63, 3.8) is 0 Å². The fraction of sp³-hybridized carbons (Fsp3) is 0.625. The Morgan fingerprint density at radius 1 is 1.06 bits per heavy atom. The van der Waals surface area contributed by atoms with Crippen molar-refractivity contribution in [3.8, 4) is 0 Å². The Balaban J connectivity index is 3.10. The Hall–Kier alpha value is -0.890. The fourth-order valence-corrected chi connectivity index (χ4v) is 2.88. The van der Waals surface area contributed by atoms with Gasteiger partial charge < -0.3 is 5.32 Å². The van der Waals surface area contributed by atoms with Crippen molar-refractivity contribution >= 4 is 0 Å². The maximum Gasteiger partial charge on any atom is 0.127 e. The molecule has 102 valence electrons. The SMILES string of the molecule is CCCC(CCC)(CNCC)c1ccccc1F. The Kier molecular flexibility index (Phi) is 6.34. The van der Waals surface area contributed by atoms with Crippen LogP contribution in [0.15, 0.2) is 24.3 Å². The highest BCUT2D eigenvalue weighted by Crippen LogP contribution is 2.35. The third kappa shape index (κ3) is 3.55. The molecule has 1 N–H and O–H groups in total. The Bertz CT molecular complexity index is 343. The predicted octanol–water partition coefficient (Wildman–Crippen LogP) is 4.27. The van der Waals surface area contributed by atoms with E-state index in [1.165, 1.54) is 0 Å². The van der Waals surface area contributed by atoms with Gasteiger partial charge in [0.2, 0.25) is 0 Å². The molecule has 0 bridgehead atoms. The zero-order valence-electron chi connectivity index (χ0n) is 11.9. The number of nitrogens with one attached hydrogen (secondary N) is 1. The van der Waals surface area contributed by atoms with Gasteiger partial charge in [0.25, 0.3) is 0 Å². The van der Waals surface area contributed by atoms with Crippen molar-refractivity contribution in [1.82, 2.24) is 5.32 Å².